The van der Waals surface area contributed by atoms with Crippen molar-refractivity contribution in [2.24, 2.45) is 0 Å². The van der Waals surface area contributed by atoms with Gasteiger partial charge in [-0.05, 0) is 35.9 Å². The van der Waals surface area contributed by atoms with Crippen LogP contribution in [-0.4, -0.2) is 36.6 Å². The Hall–Kier alpha value is -3.16. The maximum atomic E-state index is 13.1. The number of nitrogens with zero attached hydrogens (tertiary/aromatic N) is 2. The van der Waals surface area contributed by atoms with Crippen molar-refractivity contribution in [1.82, 2.24) is 9.21 Å². The van der Waals surface area contributed by atoms with Gasteiger partial charge in [-0.15, -0.1) is 0 Å². The lowest BCUT2D eigenvalue weighted by Gasteiger charge is -2.27. The molecule has 4 rings (SSSR count). The molecule has 0 saturated heterocycles. The second kappa shape index (κ2) is 9.14. The molecular weight excluding hydrogens is 422 g/mol. The zero-order chi connectivity index (χ0) is 22.7. The van der Waals surface area contributed by atoms with Crippen molar-refractivity contribution in [2.75, 3.05) is 18.4 Å². The van der Waals surface area contributed by atoms with Crippen LogP contribution in [0.25, 0.3) is 0 Å². The van der Waals surface area contributed by atoms with Crippen molar-refractivity contribution < 1.29 is 13.2 Å². The molecule has 3 aromatic rings. The fraction of sp³-hybridized carbons (Fsp3) is 0.240. The summed E-state index contributed by atoms with van der Waals surface area (Å²) in [5.74, 6) is -0.0253. The molecule has 7 heteroatoms. The van der Waals surface area contributed by atoms with E-state index in [-0.39, 0.29) is 17.0 Å². The number of carbonyl (C=O) groups excluding carboxylic acids is 1. The number of benzene rings is 3. The van der Waals surface area contributed by atoms with Crippen LogP contribution in [0.15, 0.2) is 83.8 Å². The SMILES string of the molecule is CCN(CC)S(=O)(=O)c1ccc(NC2c3ccccc3C(=O)N2Cc2ccccc2)cc1. The van der Waals surface area contributed by atoms with E-state index < -0.39 is 10.0 Å². The largest absolute Gasteiger partial charge is 0.361 e. The summed E-state index contributed by atoms with van der Waals surface area (Å²) < 4.78 is 27.0. The molecule has 0 spiro atoms. The number of carbonyl (C=O) groups is 1. The smallest absolute Gasteiger partial charge is 0.256 e. The van der Waals surface area contributed by atoms with Crippen LogP contribution in [-0.2, 0) is 16.6 Å². The van der Waals surface area contributed by atoms with Crippen LogP contribution in [0.2, 0.25) is 0 Å². The van der Waals surface area contributed by atoms with Crippen LogP contribution in [0.5, 0.6) is 0 Å². The van der Waals surface area contributed by atoms with Crippen molar-refractivity contribution in [1.29, 1.82) is 0 Å². The number of nitrogens with one attached hydrogen (secondary N) is 1. The van der Waals surface area contributed by atoms with Gasteiger partial charge in [0.2, 0.25) is 10.0 Å². The predicted molar refractivity (Wildman–Crippen MR) is 126 cm³/mol. The Balaban J connectivity index is 1.62. The molecule has 166 valence electrons. The van der Waals surface area contributed by atoms with Crippen molar-refractivity contribution >= 4 is 21.6 Å². The van der Waals surface area contributed by atoms with Crippen molar-refractivity contribution in [3.63, 3.8) is 0 Å². The van der Waals surface area contributed by atoms with E-state index in [1.54, 1.807) is 29.2 Å². The lowest BCUT2D eigenvalue weighted by atomic mass is 10.1. The molecule has 6 nitrogen and oxygen atoms in total. The molecule has 0 saturated carbocycles. The summed E-state index contributed by atoms with van der Waals surface area (Å²) in [5, 5.41) is 3.43. The van der Waals surface area contributed by atoms with Gasteiger partial charge in [0.25, 0.3) is 5.91 Å². The van der Waals surface area contributed by atoms with E-state index in [4.69, 9.17) is 0 Å². The molecule has 0 aliphatic carbocycles. The van der Waals surface area contributed by atoms with Crippen LogP contribution in [0.4, 0.5) is 5.69 Å². The zero-order valence-electron chi connectivity index (χ0n) is 18.2. The van der Waals surface area contributed by atoms with Gasteiger partial charge in [0, 0.05) is 36.4 Å². The normalized spacial score (nSPS) is 15.8. The summed E-state index contributed by atoms with van der Waals surface area (Å²) in [6, 6.07) is 24.2. The summed E-state index contributed by atoms with van der Waals surface area (Å²) in [5.41, 5.74) is 3.38. The van der Waals surface area contributed by atoms with Crippen LogP contribution in [0, 0.1) is 0 Å². The van der Waals surface area contributed by atoms with Crippen molar-refractivity contribution in [2.45, 2.75) is 31.5 Å². The number of hydrogen-bond donors (Lipinski definition) is 1. The predicted octanol–water partition coefficient (Wildman–Crippen LogP) is 4.48. The minimum atomic E-state index is -3.51. The second-order valence-electron chi connectivity index (χ2n) is 7.67. The van der Waals surface area contributed by atoms with E-state index in [0.717, 1.165) is 16.8 Å². The van der Waals surface area contributed by atoms with Gasteiger partial charge in [-0.3, -0.25) is 4.79 Å². The lowest BCUT2D eigenvalue weighted by Crippen LogP contribution is -2.32. The van der Waals surface area contributed by atoms with Crippen molar-refractivity contribution in [3.05, 3.63) is 95.6 Å². The van der Waals surface area contributed by atoms with E-state index in [2.05, 4.69) is 5.32 Å². The zero-order valence-corrected chi connectivity index (χ0v) is 19.0. The Labute approximate surface area is 189 Å². The van der Waals surface area contributed by atoms with Gasteiger partial charge in [-0.2, -0.15) is 4.31 Å². The third-order valence-electron chi connectivity index (χ3n) is 5.75. The van der Waals surface area contributed by atoms with Gasteiger partial charge in [-0.1, -0.05) is 62.4 Å². The molecule has 1 aliphatic rings. The van der Waals surface area contributed by atoms with Crippen LogP contribution < -0.4 is 5.32 Å². The number of rotatable bonds is 8. The average Bonchev–Trinajstić information content (AvgIpc) is 3.07. The molecule has 0 bridgehead atoms. The molecule has 1 N–H and O–H groups in total. The third kappa shape index (κ3) is 4.13. The number of amides is 1. The quantitative estimate of drug-likeness (QED) is 0.550. The highest BCUT2D eigenvalue weighted by atomic mass is 32.2. The van der Waals surface area contributed by atoms with Crippen molar-refractivity contribution in [3.8, 4) is 0 Å². The summed E-state index contributed by atoms with van der Waals surface area (Å²) in [6.45, 7) is 4.97. The molecule has 32 heavy (non-hydrogen) atoms. The monoisotopic (exact) mass is 449 g/mol. The Morgan fingerprint density at radius 2 is 1.50 bits per heavy atom. The molecule has 1 unspecified atom stereocenters. The lowest BCUT2D eigenvalue weighted by molar-refractivity contribution is 0.0728. The fourth-order valence-electron chi connectivity index (χ4n) is 4.06. The van der Waals surface area contributed by atoms with Gasteiger partial charge >= 0.3 is 0 Å². The first-order valence-electron chi connectivity index (χ1n) is 10.8. The van der Waals surface area contributed by atoms with Crippen LogP contribution >= 0.6 is 0 Å². The Morgan fingerprint density at radius 3 is 2.16 bits per heavy atom. The highest BCUT2D eigenvalue weighted by Crippen LogP contribution is 2.35. The Bertz CT molecular complexity index is 1190. The van der Waals surface area contributed by atoms with E-state index in [1.807, 2.05) is 68.4 Å². The molecule has 1 atom stereocenters. The first kappa shape index (κ1) is 22.0. The molecule has 0 radical (unpaired) electrons. The highest BCUT2D eigenvalue weighted by molar-refractivity contribution is 7.89. The fourth-order valence-corrected chi connectivity index (χ4v) is 5.52. The summed E-state index contributed by atoms with van der Waals surface area (Å²) in [4.78, 5) is 15.2. The molecule has 3 aromatic carbocycles. The summed E-state index contributed by atoms with van der Waals surface area (Å²) in [7, 11) is -3.51. The number of hydrogen-bond acceptors (Lipinski definition) is 4. The Kier molecular flexibility index (Phi) is 6.30. The number of fused-ring (bicyclic) bond motifs is 1. The summed E-state index contributed by atoms with van der Waals surface area (Å²) >= 11 is 0. The first-order chi connectivity index (χ1) is 15.5. The molecule has 0 fully saturated rings. The minimum Gasteiger partial charge on any atom is -0.361 e. The Morgan fingerprint density at radius 1 is 0.875 bits per heavy atom. The standard InChI is InChI=1S/C25H27N3O3S/c1-3-27(4-2)32(30,31)21-16-14-20(15-17-21)26-24-22-12-8-9-13-23(22)25(29)28(24)18-19-10-6-5-7-11-19/h5-17,24,26H,3-4,18H2,1-2H3. The van der Waals surface area contributed by atoms with E-state index in [0.29, 0.717) is 25.2 Å². The van der Waals surface area contributed by atoms with E-state index in [9.17, 15) is 13.2 Å². The molecule has 1 heterocycles. The van der Waals surface area contributed by atoms with E-state index >= 15 is 0 Å². The third-order valence-corrected chi connectivity index (χ3v) is 7.82. The molecular formula is C25H27N3O3S. The maximum Gasteiger partial charge on any atom is 0.256 e. The topological polar surface area (TPSA) is 69.7 Å². The van der Waals surface area contributed by atoms with Crippen LogP contribution in [0.1, 0.15) is 41.5 Å². The van der Waals surface area contributed by atoms with E-state index in [1.165, 1.54) is 4.31 Å². The number of anilines is 1. The van der Waals surface area contributed by atoms with Crippen LogP contribution in [0.3, 0.4) is 0 Å². The molecule has 1 amide bonds. The van der Waals surface area contributed by atoms with Gasteiger partial charge < -0.3 is 10.2 Å². The van der Waals surface area contributed by atoms with Gasteiger partial charge in [-0.25, -0.2) is 8.42 Å². The average molecular weight is 450 g/mol. The first-order valence-corrected chi connectivity index (χ1v) is 12.2. The number of sulfonamides is 1. The maximum absolute atomic E-state index is 13.1. The molecule has 1 aliphatic heterocycles. The van der Waals surface area contributed by atoms with Gasteiger partial charge in [0.1, 0.15) is 6.17 Å². The highest BCUT2D eigenvalue weighted by Gasteiger charge is 2.36. The summed E-state index contributed by atoms with van der Waals surface area (Å²) in [6.07, 6.45) is -0.343. The second-order valence-corrected chi connectivity index (χ2v) is 9.60. The minimum absolute atomic E-state index is 0.0253. The molecule has 0 aromatic heterocycles. The van der Waals surface area contributed by atoms with Gasteiger partial charge in [0.05, 0.1) is 4.90 Å². The van der Waals surface area contributed by atoms with Gasteiger partial charge in [0.15, 0.2) is 0 Å².